The summed E-state index contributed by atoms with van der Waals surface area (Å²) in [5, 5.41) is 8.63. The highest BCUT2D eigenvalue weighted by Gasteiger charge is 2.26. The van der Waals surface area contributed by atoms with Crippen molar-refractivity contribution in [2.75, 3.05) is 0 Å². The van der Waals surface area contributed by atoms with Gasteiger partial charge >= 0.3 is 0 Å². The van der Waals surface area contributed by atoms with Crippen molar-refractivity contribution in [1.29, 1.82) is 5.26 Å². The first-order valence-electron chi connectivity index (χ1n) is 4.99. The van der Waals surface area contributed by atoms with Crippen LogP contribution in [-0.4, -0.2) is 0 Å². The van der Waals surface area contributed by atoms with Gasteiger partial charge in [0.15, 0.2) is 0 Å². The molecule has 0 aromatic rings. The van der Waals surface area contributed by atoms with Gasteiger partial charge in [-0.05, 0) is 38.0 Å². The molecule has 0 bridgehead atoms. The van der Waals surface area contributed by atoms with Crippen molar-refractivity contribution in [3.63, 3.8) is 0 Å². The lowest BCUT2D eigenvalue weighted by molar-refractivity contribution is 0.456. The number of rotatable bonds is 1. The van der Waals surface area contributed by atoms with E-state index in [0.29, 0.717) is 6.42 Å². The second-order valence-corrected chi connectivity index (χ2v) is 3.95. The highest BCUT2D eigenvalue weighted by molar-refractivity contribution is 5.26. The first kappa shape index (κ1) is 7.86. The van der Waals surface area contributed by atoms with Crippen LogP contribution < -0.4 is 0 Å². The molecule has 0 saturated heterocycles. The molecule has 0 heterocycles. The molecule has 64 valence electrons. The maximum atomic E-state index is 8.63. The predicted molar refractivity (Wildman–Crippen MR) is 48.4 cm³/mol. The van der Waals surface area contributed by atoms with Crippen LogP contribution in [0.25, 0.3) is 0 Å². The van der Waals surface area contributed by atoms with Crippen molar-refractivity contribution in [3.8, 4) is 6.07 Å². The molecule has 0 aromatic heterocycles. The van der Waals surface area contributed by atoms with Gasteiger partial charge in [0.25, 0.3) is 0 Å². The van der Waals surface area contributed by atoms with Gasteiger partial charge in [0.1, 0.15) is 0 Å². The third-order valence-electron chi connectivity index (χ3n) is 3.28. The summed E-state index contributed by atoms with van der Waals surface area (Å²) >= 11 is 0. The van der Waals surface area contributed by atoms with Gasteiger partial charge in [-0.25, -0.2) is 0 Å². The largest absolute Gasteiger partial charge is 0.198 e. The van der Waals surface area contributed by atoms with E-state index < -0.39 is 0 Å². The van der Waals surface area contributed by atoms with Crippen LogP contribution in [0.15, 0.2) is 11.1 Å². The fourth-order valence-corrected chi connectivity index (χ4v) is 2.67. The first-order chi connectivity index (χ1) is 5.92. The van der Waals surface area contributed by atoms with Crippen molar-refractivity contribution in [3.05, 3.63) is 11.1 Å². The molecule has 2 aliphatic rings. The lowest BCUT2D eigenvalue weighted by atomic mass is 9.85. The highest BCUT2D eigenvalue weighted by Crippen LogP contribution is 2.42. The van der Waals surface area contributed by atoms with Gasteiger partial charge in [-0.15, -0.1) is 0 Å². The third-order valence-corrected chi connectivity index (χ3v) is 3.28. The smallest absolute Gasteiger partial charge is 0.0666 e. The summed E-state index contributed by atoms with van der Waals surface area (Å²) < 4.78 is 0. The van der Waals surface area contributed by atoms with E-state index in [1.807, 2.05) is 0 Å². The van der Waals surface area contributed by atoms with Crippen LogP contribution in [0.3, 0.4) is 0 Å². The zero-order chi connectivity index (χ0) is 8.39. The monoisotopic (exact) mass is 161 g/mol. The van der Waals surface area contributed by atoms with Gasteiger partial charge < -0.3 is 0 Å². The zero-order valence-corrected chi connectivity index (χ0v) is 7.47. The first-order valence-corrected chi connectivity index (χ1v) is 4.99. The standard InChI is InChI=1S/C11H15N/c12-8-7-10-6-5-9-3-1-2-4-11(9)10/h9H,1-7H2. The number of nitrogens with zero attached hydrogens (tertiary/aromatic N) is 1. The Kier molecular flexibility index (Phi) is 2.17. The summed E-state index contributed by atoms with van der Waals surface area (Å²) in [4.78, 5) is 0. The van der Waals surface area contributed by atoms with Crippen molar-refractivity contribution < 1.29 is 0 Å². The fraction of sp³-hybridized carbons (Fsp3) is 0.727. The van der Waals surface area contributed by atoms with E-state index >= 15 is 0 Å². The number of nitriles is 1. The van der Waals surface area contributed by atoms with Crippen molar-refractivity contribution in [2.45, 2.75) is 44.9 Å². The van der Waals surface area contributed by atoms with E-state index in [9.17, 15) is 0 Å². The predicted octanol–water partition coefficient (Wildman–Crippen LogP) is 3.18. The van der Waals surface area contributed by atoms with Crippen LogP contribution in [0.1, 0.15) is 44.9 Å². The molecule has 12 heavy (non-hydrogen) atoms. The summed E-state index contributed by atoms with van der Waals surface area (Å²) in [6, 6.07) is 2.28. The summed E-state index contributed by atoms with van der Waals surface area (Å²) in [7, 11) is 0. The van der Waals surface area contributed by atoms with E-state index in [2.05, 4.69) is 6.07 Å². The molecule has 1 nitrogen and oxygen atoms in total. The minimum Gasteiger partial charge on any atom is -0.198 e. The topological polar surface area (TPSA) is 23.8 Å². The molecule has 0 aromatic carbocycles. The van der Waals surface area contributed by atoms with Crippen LogP contribution in [0.2, 0.25) is 0 Å². The SMILES string of the molecule is N#CCC1=C2CCCCC2CC1. The molecule has 0 aliphatic heterocycles. The number of allylic oxidation sites excluding steroid dienone is 2. The summed E-state index contributed by atoms with van der Waals surface area (Å²) in [5.74, 6) is 0.877. The van der Waals surface area contributed by atoms with Gasteiger partial charge in [0.05, 0.1) is 12.5 Å². The Bertz CT molecular complexity index is 244. The second kappa shape index (κ2) is 3.31. The molecule has 2 rings (SSSR count). The number of fused-ring (bicyclic) bond motifs is 1. The van der Waals surface area contributed by atoms with Crippen LogP contribution in [-0.2, 0) is 0 Å². The van der Waals surface area contributed by atoms with Gasteiger partial charge in [-0.2, -0.15) is 5.26 Å². The maximum Gasteiger partial charge on any atom is 0.0666 e. The Labute approximate surface area is 74.1 Å². The maximum absolute atomic E-state index is 8.63. The minimum absolute atomic E-state index is 0.700. The Balaban J connectivity index is 2.15. The van der Waals surface area contributed by atoms with E-state index in [1.54, 1.807) is 5.57 Å². The summed E-state index contributed by atoms with van der Waals surface area (Å²) in [6.07, 6.45) is 8.71. The fourth-order valence-electron chi connectivity index (χ4n) is 2.67. The third kappa shape index (κ3) is 1.27. The van der Waals surface area contributed by atoms with Crippen LogP contribution >= 0.6 is 0 Å². The molecule has 1 unspecified atom stereocenters. The molecule has 1 atom stereocenters. The number of hydrogen-bond donors (Lipinski definition) is 0. The van der Waals surface area contributed by atoms with Gasteiger partial charge in [0, 0.05) is 0 Å². The Morgan fingerprint density at radius 3 is 3.00 bits per heavy atom. The molecule has 0 N–H and O–H groups in total. The highest BCUT2D eigenvalue weighted by atomic mass is 14.3. The molecular formula is C11H15N. The van der Waals surface area contributed by atoms with Crippen molar-refractivity contribution in [1.82, 2.24) is 0 Å². The Morgan fingerprint density at radius 2 is 2.17 bits per heavy atom. The lowest BCUT2D eigenvalue weighted by Crippen LogP contribution is -2.05. The average molecular weight is 161 g/mol. The molecular weight excluding hydrogens is 146 g/mol. The van der Waals surface area contributed by atoms with Crippen LogP contribution in [0.5, 0.6) is 0 Å². The molecule has 2 aliphatic carbocycles. The lowest BCUT2D eigenvalue weighted by Gasteiger charge is -2.20. The normalized spacial score (nSPS) is 28.4. The Hall–Kier alpha value is -0.770. The van der Waals surface area contributed by atoms with Gasteiger partial charge in [0.2, 0.25) is 0 Å². The zero-order valence-electron chi connectivity index (χ0n) is 7.47. The van der Waals surface area contributed by atoms with E-state index in [-0.39, 0.29) is 0 Å². The average Bonchev–Trinajstić information content (AvgIpc) is 2.50. The molecule has 0 spiro atoms. The van der Waals surface area contributed by atoms with Gasteiger partial charge in [-0.1, -0.05) is 17.6 Å². The Morgan fingerprint density at radius 1 is 1.25 bits per heavy atom. The minimum atomic E-state index is 0.700. The van der Waals surface area contributed by atoms with E-state index in [1.165, 1.54) is 44.1 Å². The van der Waals surface area contributed by atoms with Crippen molar-refractivity contribution >= 4 is 0 Å². The van der Waals surface area contributed by atoms with E-state index in [4.69, 9.17) is 5.26 Å². The number of hydrogen-bond acceptors (Lipinski definition) is 1. The molecule has 0 amide bonds. The van der Waals surface area contributed by atoms with Crippen LogP contribution in [0.4, 0.5) is 0 Å². The van der Waals surface area contributed by atoms with Crippen molar-refractivity contribution in [2.24, 2.45) is 5.92 Å². The van der Waals surface area contributed by atoms with E-state index in [0.717, 1.165) is 5.92 Å². The van der Waals surface area contributed by atoms with Gasteiger partial charge in [-0.3, -0.25) is 0 Å². The molecule has 1 heteroatoms. The molecule has 1 fully saturated rings. The van der Waals surface area contributed by atoms with Crippen LogP contribution in [0, 0.1) is 17.2 Å². The molecule has 0 radical (unpaired) electrons. The summed E-state index contributed by atoms with van der Waals surface area (Å²) in [6.45, 7) is 0. The second-order valence-electron chi connectivity index (χ2n) is 3.95. The summed E-state index contributed by atoms with van der Waals surface area (Å²) in [5.41, 5.74) is 3.16. The quantitative estimate of drug-likeness (QED) is 0.542. The molecule has 1 saturated carbocycles.